The maximum atomic E-state index is 12.5. The highest BCUT2D eigenvalue weighted by molar-refractivity contribution is 6.30. The summed E-state index contributed by atoms with van der Waals surface area (Å²) in [6.07, 6.45) is 1.75. The molecule has 0 aliphatic carbocycles. The Morgan fingerprint density at radius 2 is 1.83 bits per heavy atom. The number of hydrogen-bond donors (Lipinski definition) is 0. The molecule has 2 heterocycles. The molecule has 5 nitrogen and oxygen atoms in total. The first-order chi connectivity index (χ1) is 11.5. The maximum absolute atomic E-state index is 12.5. The normalized spacial score (nSPS) is 15.5. The van der Waals surface area contributed by atoms with Crippen molar-refractivity contribution in [2.75, 3.05) is 13.1 Å². The van der Waals surface area contributed by atoms with E-state index < -0.39 is 0 Å². The molecular weight excluding hydrogens is 326 g/mol. The second kappa shape index (κ2) is 7.18. The molecule has 1 aliphatic rings. The number of amides is 1. The third-order valence-electron chi connectivity index (χ3n) is 4.42. The van der Waals surface area contributed by atoms with E-state index in [0.717, 1.165) is 18.5 Å². The van der Waals surface area contributed by atoms with E-state index in [0.29, 0.717) is 36.1 Å². The largest absolute Gasteiger partial charge is 0.339 e. The van der Waals surface area contributed by atoms with Crippen molar-refractivity contribution in [2.45, 2.75) is 26.3 Å². The number of carbonyl (C=O) groups excluding carboxylic acids is 1. The molecule has 24 heavy (non-hydrogen) atoms. The quantitative estimate of drug-likeness (QED) is 0.859. The zero-order valence-corrected chi connectivity index (χ0v) is 14.4. The Labute approximate surface area is 145 Å². The van der Waals surface area contributed by atoms with Crippen LogP contribution in [0.2, 0.25) is 5.02 Å². The molecular formula is C18H20ClN3O2. The highest BCUT2D eigenvalue weighted by atomic mass is 35.5. The summed E-state index contributed by atoms with van der Waals surface area (Å²) in [7, 11) is 0. The fraction of sp³-hybridized carbons (Fsp3) is 0.389. The van der Waals surface area contributed by atoms with Crippen LogP contribution in [0.25, 0.3) is 0 Å². The minimum Gasteiger partial charge on any atom is -0.339 e. The van der Waals surface area contributed by atoms with Gasteiger partial charge in [0.2, 0.25) is 0 Å². The third-order valence-corrected chi connectivity index (χ3v) is 4.68. The number of nitrogens with zero attached hydrogens (tertiary/aromatic N) is 3. The van der Waals surface area contributed by atoms with Gasteiger partial charge in [0.1, 0.15) is 0 Å². The molecule has 0 atom stereocenters. The van der Waals surface area contributed by atoms with E-state index in [1.807, 2.05) is 11.8 Å². The smallest absolute Gasteiger partial charge is 0.266 e. The first-order valence-electron chi connectivity index (χ1n) is 8.12. The van der Waals surface area contributed by atoms with Gasteiger partial charge in [-0.2, -0.15) is 5.10 Å². The van der Waals surface area contributed by atoms with E-state index in [-0.39, 0.29) is 11.5 Å². The molecule has 0 N–H and O–H groups in total. The van der Waals surface area contributed by atoms with Gasteiger partial charge in [0.05, 0.1) is 5.69 Å². The second-order valence-electron chi connectivity index (χ2n) is 6.24. The van der Waals surface area contributed by atoms with Gasteiger partial charge in [-0.05, 0) is 56.0 Å². The van der Waals surface area contributed by atoms with Crippen molar-refractivity contribution in [3.8, 4) is 0 Å². The van der Waals surface area contributed by atoms with Crippen LogP contribution >= 0.6 is 11.6 Å². The van der Waals surface area contributed by atoms with Crippen molar-refractivity contribution in [3.05, 3.63) is 63.0 Å². The van der Waals surface area contributed by atoms with Gasteiger partial charge in [0, 0.05) is 36.3 Å². The van der Waals surface area contributed by atoms with E-state index >= 15 is 0 Å². The Hall–Kier alpha value is -2.14. The number of halogens is 1. The lowest BCUT2D eigenvalue weighted by molar-refractivity contribution is 0.0680. The van der Waals surface area contributed by atoms with Gasteiger partial charge in [-0.1, -0.05) is 11.6 Å². The summed E-state index contributed by atoms with van der Waals surface area (Å²) in [5, 5.41) is 4.91. The molecule has 0 unspecified atom stereocenters. The van der Waals surface area contributed by atoms with E-state index in [4.69, 9.17) is 11.6 Å². The summed E-state index contributed by atoms with van der Waals surface area (Å²) in [6.45, 7) is 3.90. The standard InChI is InChI=1S/C18H20ClN3O2/c1-13-2-7-17(23)22(20-13)12-14-8-10-21(11-9-14)18(24)15-3-5-16(19)6-4-15/h2-7,14H,8-12H2,1H3. The summed E-state index contributed by atoms with van der Waals surface area (Å²) in [4.78, 5) is 26.2. The number of rotatable bonds is 3. The van der Waals surface area contributed by atoms with Crippen molar-refractivity contribution < 1.29 is 4.79 Å². The molecule has 0 radical (unpaired) electrons. The summed E-state index contributed by atoms with van der Waals surface area (Å²) in [5.74, 6) is 0.405. The molecule has 2 aromatic rings. The highest BCUT2D eigenvalue weighted by Crippen LogP contribution is 2.20. The van der Waals surface area contributed by atoms with Crippen LogP contribution in [-0.4, -0.2) is 33.7 Å². The number of aryl methyl sites for hydroxylation is 1. The Balaban J connectivity index is 1.59. The Kier molecular flexibility index (Phi) is 5.00. The Morgan fingerprint density at radius 1 is 1.17 bits per heavy atom. The van der Waals surface area contributed by atoms with Crippen LogP contribution in [0.5, 0.6) is 0 Å². The summed E-state index contributed by atoms with van der Waals surface area (Å²) >= 11 is 5.86. The van der Waals surface area contributed by atoms with Gasteiger partial charge in [0.25, 0.3) is 11.5 Å². The fourth-order valence-corrected chi connectivity index (χ4v) is 3.15. The number of piperidine rings is 1. The molecule has 1 fully saturated rings. The van der Waals surface area contributed by atoms with Gasteiger partial charge in [-0.25, -0.2) is 4.68 Å². The van der Waals surface area contributed by atoms with Crippen molar-refractivity contribution in [3.63, 3.8) is 0 Å². The molecule has 1 saturated heterocycles. The first kappa shape index (κ1) is 16.7. The number of benzene rings is 1. The molecule has 1 aromatic carbocycles. The Morgan fingerprint density at radius 3 is 2.50 bits per heavy atom. The Bertz CT molecular complexity index is 778. The van der Waals surface area contributed by atoms with Crippen LogP contribution in [0.15, 0.2) is 41.2 Å². The predicted octanol–water partition coefficient (Wildman–Crippen LogP) is 2.76. The van der Waals surface area contributed by atoms with E-state index in [2.05, 4.69) is 5.10 Å². The van der Waals surface area contributed by atoms with Gasteiger partial charge in [-0.15, -0.1) is 0 Å². The zero-order valence-electron chi connectivity index (χ0n) is 13.6. The summed E-state index contributed by atoms with van der Waals surface area (Å²) in [6, 6.07) is 10.3. The molecule has 0 spiro atoms. The molecule has 126 valence electrons. The van der Waals surface area contributed by atoms with Gasteiger partial charge in [-0.3, -0.25) is 9.59 Å². The van der Waals surface area contributed by atoms with Crippen LogP contribution in [0.1, 0.15) is 28.9 Å². The fourth-order valence-electron chi connectivity index (χ4n) is 3.02. The monoisotopic (exact) mass is 345 g/mol. The number of carbonyl (C=O) groups is 1. The summed E-state index contributed by atoms with van der Waals surface area (Å²) < 4.78 is 1.54. The van der Waals surface area contributed by atoms with Crippen molar-refractivity contribution in [1.29, 1.82) is 0 Å². The number of aromatic nitrogens is 2. The average molecular weight is 346 g/mol. The topological polar surface area (TPSA) is 55.2 Å². The highest BCUT2D eigenvalue weighted by Gasteiger charge is 2.24. The van der Waals surface area contributed by atoms with Gasteiger partial charge in [0.15, 0.2) is 0 Å². The van der Waals surface area contributed by atoms with Crippen LogP contribution in [0, 0.1) is 12.8 Å². The predicted molar refractivity (Wildman–Crippen MR) is 93.3 cm³/mol. The SMILES string of the molecule is Cc1ccc(=O)n(CC2CCN(C(=O)c3ccc(Cl)cc3)CC2)n1. The minimum atomic E-state index is -0.0692. The van der Waals surface area contributed by atoms with Crippen molar-refractivity contribution >= 4 is 17.5 Å². The average Bonchev–Trinajstić information content (AvgIpc) is 2.59. The van der Waals surface area contributed by atoms with Crippen LogP contribution in [0.4, 0.5) is 0 Å². The lowest BCUT2D eigenvalue weighted by Crippen LogP contribution is -2.40. The summed E-state index contributed by atoms with van der Waals surface area (Å²) in [5.41, 5.74) is 1.43. The maximum Gasteiger partial charge on any atom is 0.266 e. The number of likely N-dealkylation sites (tertiary alicyclic amines) is 1. The van der Waals surface area contributed by atoms with Gasteiger partial charge >= 0.3 is 0 Å². The zero-order chi connectivity index (χ0) is 17.1. The molecule has 0 bridgehead atoms. The molecule has 6 heteroatoms. The third kappa shape index (κ3) is 3.85. The lowest BCUT2D eigenvalue weighted by Gasteiger charge is -2.32. The number of hydrogen-bond acceptors (Lipinski definition) is 3. The van der Waals surface area contributed by atoms with E-state index in [9.17, 15) is 9.59 Å². The van der Waals surface area contributed by atoms with Gasteiger partial charge < -0.3 is 4.90 Å². The molecule has 1 amide bonds. The molecule has 1 aromatic heterocycles. The van der Waals surface area contributed by atoms with E-state index in [1.165, 1.54) is 4.68 Å². The molecule has 1 aliphatic heterocycles. The second-order valence-corrected chi connectivity index (χ2v) is 6.67. The first-order valence-corrected chi connectivity index (χ1v) is 8.50. The van der Waals surface area contributed by atoms with Crippen LogP contribution in [0.3, 0.4) is 0 Å². The van der Waals surface area contributed by atoms with Crippen LogP contribution in [-0.2, 0) is 6.54 Å². The molecule has 0 saturated carbocycles. The van der Waals surface area contributed by atoms with E-state index in [1.54, 1.807) is 36.4 Å². The molecule has 3 rings (SSSR count). The van der Waals surface area contributed by atoms with Crippen LogP contribution < -0.4 is 5.56 Å². The minimum absolute atomic E-state index is 0.0379. The lowest BCUT2D eigenvalue weighted by atomic mass is 9.96. The van der Waals surface area contributed by atoms with Crippen molar-refractivity contribution in [1.82, 2.24) is 14.7 Å². The van der Waals surface area contributed by atoms with Crippen molar-refractivity contribution in [2.24, 2.45) is 5.92 Å².